The molecule has 0 amide bonds. The van der Waals surface area contributed by atoms with E-state index in [4.69, 9.17) is 17.1 Å². The molecule has 0 spiro atoms. The van der Waals surface area contributed by atoms with Crippen LogP contribution in [0.3, 0.4) is 0 Å². The molecular weight excluding hydrogens is 214 g/mol. The van der Waals surface area contributed by atoms with E-state index in [0.717, 1.165) is 16.1 Å². The quantitative estimate of drug-likeness (QED) is 0.723. The molecule has 1 aromatic heterocycles. The third-order valence-electron chi connectivity index (χ3n) is 2.84. The van der Waals surface area contributed by atoms with Crippen molar-refractivity contribution in [1.82, 2.24) is 4.73 Å². The highest BCUT2D eigenvalue weighted by Gasteiger charge is 2.26. The van der Waals surface area contributed by atoms with E-state index in [0.29, 0.717) is 12.0 Å². The molecule has 1 aliphatic rings. The number of hydrogen-bond donors (Lipinski definition) is 0. The molecular formula is C10H15NOS2. The van der Waals surface area contributed by atoms with Crippen LogP contribution in [0.25, 0.3) is 0 Å². The first-order valence-corrected chi connectivity index (χ1v) is 6.31. The van der Waals surface area contributed by atoms with Crippen molar-refractivity contribution < 1.29 is 4.84 Å². The third kappa shape index (κ3) is 1.86. The Morgan fingerprint density at radius 1 is 1.57 bits per heavy atom. The Balaban J connectivity index is 2.14. The Kier molecular flexibility index (Phi) is 2.93. The Hall–Kier alpha value is -0.350. The molecule has 0 saturated heterocycles. The molecule has 4 heteroatoms. The number of hydrogen-bond acceptors (Lipinski definition) is 3. The van der Waals surface area contributed by atoms with Crippen LogP contribution in [0, 0.1) is 16.8 Å². The standard InChI is InChI=1S/C10H15NOS2/c1-7-4-3-5-9(7)12-11-8(2)6-14-10(11)13/h6-7,9H,3-5H2,1-2H3/t7-,9+/m0/s1. The maximum absolute atomic E-state index is 5.91. The van der Waals surface area contributed by atoms with E-state index in [1.807, 2.05) is 17.0 Å². The first-order valence-electron chi connectivity index (χ1n) is 5.03. The highest BCUT2D eigenvalue weighted by atomic mass is 32.1. The lowest BCUT2D eigenvalue weighted by atomic mass is 10.1. The highest BCUT2D eigenvalue weighted by molar-refractivity contribution is 7.73. The van der Waals surface area contributed by atoms with E-state index in [1.165, 1.54) is 12.8 Å². The molecule has 0 N–H and O–H groups in total. The van der Waals surface area contributed by atoms with Crippen LogP contribution in [0.15, 0.2) is 5.38 Å². The summed E-state index contributed by atoms with van der Waals surface area (Å²) in [7, 11) is 0. The van der Waals surface area contributed by atoms with Gasteiger partial charge in [0.25, 0.3) is 0 Å². The number of rotatable bonds is 2. The van der Waals surface area contributed by atoms with Crippen LogP contribution in [0.2, 0.25) is 0 Å². The summed E-state index contributed by atoms with van der Waals surface area (Å²) in [4.78, 5) is 5.91. The second-order valence-corrected chi connectivity index (χ2v) is 5.49. The van der Waals surface area contributed by atoms with Gasteiger partial charge in [-0.3, -0.25) is 0 Å². The van der Waals surface area contributed by atoms with Crippen molar-refractivity contribution in [1.29, 1.82) is 0 Å². The summed E-state index contributed by atoms with van der Waals surface area (Å²) >= 11 is 6.77. The molecule has 0 aromatic carbocycles. The normalized spacial score (nSPS) is 26.7. The Morgan fingerprint density at radius 3 is 2.86 bits per heavy atom. The molecule has 1 aliphatic carbocycles. The molecule has 0 bridgehead atoms. The minimum Gasteiger partial charge on any atom is -0.408 e. The van der Waals surface area contributed by atoms with Gasteiger partial charge in [-0.2, -0.15) is 4.73 Å². The van der Waals surface area contributed by atoms with E-state index in [2.05, 4.69) is 6.92 Å². The zero-order valence-electron chi connectivity index (χ0n) is 8.53. The van der Waals surface area contributed by atoms with Crippen LogP contribution >= 0.6 is 23.6 Å². The van der Waals surface area contributed by atoms with Gasteiger partial charge in [0.05, 0.1) is 5.69 Å². The summed E-state index contributed by atoms with van der Waals surface area (Å²) in [5, 5.41) is 2.04. The zero-order valence-corrected chi connectivity index (χ0v) is 10.2. The molecule has 1 saturated carbocycles. The van der Waals surface area contributed by atoms with Gasteiger partial charge in [0.2, 0.25) is 0 Å². The lowest BCUT2D eigenvalue weighted by Gasteiger charge is -2.18. The number of aryl methyl sites for hydroxylation is 1. The van der Waals surface area contributed by atoms with E-state index in [9.17, 15) is 0 Å². The third-order valence-corrected chi connectivity index (χ3v) is 4.12. The molecule has 2 nitrogen and oxygen atoms in total. The van der Waals surface area contributed by atoms with Crippen LogP contribution < -0.4 is 4.84 Å². The van der Waals surface area contributed by atoms with Crippen molar-refractivity contribution in [2.75, 3.05) is 0 Å². The van der Waals surface area contributed by atoms with Crippen molar-refractivity contribution in [3.05, 3.63) is 15.0 Å². The van der Waals surface area contributed by atoms with Crippen LogP contribution in [0.4, 0.5) is 0 Å². The van der Waals surface area contributed by atoms with E-state index in [1.54, 1.807) is 11.3 Å². The topological polar surface area (TPSA) is 14.2 Å². The minimum atomic E-state index is 0.356. The Morgan fingerprint density at radius 2 is 2.36 bits per heavy atom. The van der Waals surface area contributed by atoms with E-state index >= 15 is 0 Å². The number of nitrogens with zero attached hydrogens (tertiary/aromatic N) is 1. The van der Waals surface area contributed by atoms with Gasteiger partial charge in [-0.15, -0.1) is 11.3 Å². The average molecular weight is 229 g/mol. The lowest BCUT2D eigenvalue weighted by molar-refractivity contribution is 0.0146. The zero-order chi connectivity index (χ0) is 10.1. The predicted molar refractivity (Wildman–Crippen MR) is 61.3 cm³/mol. The van der Waals surface area contributed by atoms with Crippen LogP contribution in [0.5, 0.6) is 0 Å². The van der Waals surface area contributed by atoms with Gasteiger partial charge in [-0.25, -0.2) is 0 Å². The molecule has 14 heavy (non-hydrogen) atoms. The largest absolute Gasteiger partial charge is 0.408 e. The molecule has 1 aromatic rings. The first kappa shape index (κ1) is 10.2. The van der Waals surface area contributed by atoms with Crippen molar-refractivity contribution >= 4 is 23.6 Å². The van der Waals surface area contributed by atoms with Crippen LogP contribution in [-0.4, -0.2) is 10.8 Å². The fraction of sp³-hybridized carbons (Fsp3) is 0.700. The smallest absolute Gasteiger partial charge is 0.196 e. The minimum absolute atomic E-state index is 0.356. The summed E-state index contributed by atoms with van der Waals surface area (Å²) in [6, 6.07) is 0. The summed E-state index contributed by atoms with van der Waals surface area (Å²) < 4.78 is 2.63. The van der Waals surface area contributed by atoms with Gasteiger partial charge >= 0.3 is 0 Å². The molecule has 1 heterocycles. The van der Waals surface area contributed by atoms with Crippen molar-refractivity contribution in [3.8, 4) is 0 Å². The van der Waals surface area contributed by atoms with Gasteiger partial charge in [-0.1, -0.05) is 6.92 Å². The summed E-state index contributed by atoms with van der Waals surface area (Å²) in [6.45, 7) is 4.29. The highest BCUT2D eigenvalue weighted by Crippen LogP contribution is 2.26. The van der Waals surface area contributed by atoms with Crippen molar-refractivity contribution in [2.24, 2.45) is 5.92 Å². The Bertz CT molecular complexity index is 368. The molecule has 2 atom stereocenters. The summed E-state index contributed by atoms with van der Waals surface area (Å²) in [5.74, 6) is 0.663. The number of thiazole rings is 1. The molecule has 78 valence electrons. The summed E-state index contributed by atoms with van der Waals surface area (Å²) in [5.41, 5.74) is 1.11. The van der Waals surface area contributed by atoms with Gasteiger partial charge in [-0.05, 0) is 44.3 Å². The fourth-order valence-corrected chi connectivity index (χ4v) is 2.89. The monoisotopic (exact) mass is 229 g/mol. The predicted octanol–water partition coefficient (Wildman–Crippen LogP) is 3.20. The van der Waals surface area contributed by atoms with Gasteiger partial charge < -0.3 is 4.84 Å². The molecule has 1 fully saturated rings. The Labute approximate surface area is 93.5 Å². The molecule has 0 radical (unpaired) electrons. The number of aromatic nitrogens is 1. The fourth-order valence-electron chi connectivity index (χ4n) is 1.90. The second kappa shape index (κ2) is 4.03. The first-order chi connectivity index (χ1) is 6.68. The molecule has 2 rings (SSSR count). The van der Waals surface area contributed by atoms with Crippen LogP contribution in [0.1, 0.15) is 31.9 Å². The van der Waals surface area contributed by atoms with E-state index < -0.39 is 0 Å². The summed E-state index contributed by atoms with van der Waals surface area (Å²) in [6.07, 6.45) is 4.08. The van der Waals surface area contributed by atoms with Crippen LogP contribution in [-0.2, 0) is 0 Å². The van der Waals surface area contributed by atoms with Gasteiger partial charge in [0, 0.05) is 5.38 Å². The average Bonchev–Trinajstić information content (AvgIpc) is 2.67. The van der Waals surface area contributed by atoms with E-state index in [-0.39, 0.29) is 0 Å². The van der Waals surface area contributed by atoms with Crippen molar-refractivity contribution in [2.45, 2.75) is 39.2 Å². The van der Waals surface area contributed by atoms with Crippen molar-refractivity contribution in [3.63, 3.8) is 0 Å². The maximum Gasteiger partial charge on any atom is 0.196 e. The van der Waals surface area contributed by atoms with Gasteiger partial charge in [0.1, 0.15) is 6.10 Å². The molecule has 0 unspecified atom stereocenters. The molecule has 0 aliphatic heterocycles. The maximum atomic E-state index is 5.91. The second-order valence-electron chi connectivity index (χ2n) is 3.99. The SMILES string of the molecule is Cc1csc(=S)n1O[C@@H]1CCC[C@@H]1C. The lowest BCUT2D eigenvalue weighted by Crippen LogP contribution is -2.27. The van der Waals surface area contributed by atoms with Gasteiger partial charge in [0.15, 0.2) is 3.95 Å².